The third kappa shape index (κ3) is 4.99. The molecule has 0 atom stereocenters. The van der Waals surface area contributed by atoms with Gasteiger partial charge in [0, 0.05) is 11.6 Å². The first-order valence-electron chi connectivity index (χ1n) is 5.75. The lowest BCUT2D eigenvalue weighted by atomic mass is 10.1. The van der Waals surface area contributed by atoms with Crippen molar-refractivity contribution >= 4 is 11.7 Å². The zero-order valence-corrected chi connectivity index (χ0v) is 11.5. The molecule has 1 amide bonds. The molecule has 1 aromatic rings. The number of carbonyl (C=O) groups is 1. The fraction of sp³-hybridized carbons (Fsp3) is 0.583. The van der Waals surface area contributed by atoms with E-state index in [-0.39, 0.29) is 18.0 Å². The quantitative estimate of drug-likeness (QED) is 0.839. The molecule has 0 fully saturated rings. The largest absolute Gasteiger partial charge is 0.481 e. The lowest BCUT2D eigenvalue weighted by Crippen LogP contribution is -2.43. The van der Waals surface area contributed by atoms with E-state index < -0.39 is 0 Å². The summed E-state index contributed by atoms with van der Waals surface area (Å²) in [6, 6.07) is 1.65. The van der Waals surface area contributed by atoms with Gasteiger partial charge in [0.15, 0.2) is 0 Å². The van der Waals surface area contributed by atoms with Crippen LogP contribution in [0, 0.1) is 6.92 Å². The van der Waals surface area contributed by atoms with Crippen LogP contribution in [0.5, 0.6) is 5.88 Å². The Balaban J connectivity index is 2.58. The van der Waals surface area contributed by atoms with E-state index in [9.17, 15) is 4.79 Å². The van der Waals surface area contributed by atoms with Gasteiger partial charge in [0.25, 0.3) is 0 Å². The van der Waals surface area contributed by atoms with Gasteiger partial charge in [0.2, 0.25) is 11.8 Å². The van der Waals surface area contributed by atoms with Gasteiger partial charge in [-0.25, -0.2) is 4.98 Å². The summed E-state index contributed by atoms with van der Waals surface area (Å²) in [5.74, 6) is 1.55. The topological polar surface area (TPSA) is 76.1 Å². The third-order valence-electron chi connectivity index (χ3n) is 1.97. The van der Waals surface area contributed by atoms with Gasteiger partial charge >= 0.3 is 0 Å². The van der Waals surface area contributed by atoms with Gasteiger partial charge in [-0.15, -0.1) is 0 Å². The zero-order chi connectivity index (χ0) is 13.8. The Morgan fingerprint density at radius 2 is 2.06 bits per heavy atom. The number of hydrogen-bond acceptors (Lipinski definition) is 5. The van der Waals surface area contributed by atoms with Crippen LogP contribution in [0.15, 0.2) is 6.07 Å². The Bertz CT molecular complexity index is 427. The minimum atomic E-state index is -0.238. The second kappa shape index (κ2) is 5.66. The second-order valence-corrected chi connectivity index (χ2v) is 4.99. The minimum absolute atomic E-state index is 0.0854. The second-order valence-electron chi connectivity index (χ2n) is 4.99. The minimum Gasteiger partial charge on any atom is -0.481 e. The number of methoxy groups -OCH3 is 1. The van der Waals surface area contributed by atoms with Crippen molar-refractivity contribution in [2.24, 2.45) is 0 Å². The van der Waals surface area contributed by atoms with Crippen LogP contribution in [0.2, 0.25) is 0 Å². The molecule has 100 valence electrons. The van der Waals surface area contributed by atoms with Crippen LogP contribution in [0.25, 0.3) is 0 Å². The molecule has 6 heteroatoms. The molecule has 18 heavy (non-hydrogen) atoms. The Kier molecular flexibility index (Phi) is 4.47. The smallest absolute Gasteiger partial charge is 0.239 e. The molecule has 1 aromatic heterocycles. The van der Waals surface area contributed by atoms with Gasteiger partial charge < -0.3 is 15.4 Å². The summed E-state index contributed by atoms with van der Waals surface area (Å²) in [6.07, 6.45) is 0. The first kappa shape index (κ1) is 14.2. The fourth-order valence-electron chi connectivity index (χ4n) is 1.37. The van der Waals surface area contributed by atoms with Crippen LogP contribution in [0.3, 0.4) is 0 Å². The number of aryl methyl sites for hydroxylation is 1. The molecular formula is C12H20N4O2. The molecule has 0 aromatic carbocycles. The highest BCUT2D eigenvalue weighted by Gasteiger charge is 2.13. The van der Waals surface area contributed by atoms with Gasteiger partial charge in [0.1, 0.15) is 11.6 Å². The van der Waals surface area contributed by atoms with Crippen molar-refractivity contribution in [3.63, 3.8) is 0 Å². The highest BCUT2D eigenvalue weighted by atomic mass is 16.5. The molecule has 0 saturated carbocycles. The lowest BCUT2D eigenvalue weighted by molar-refractivity contribution is -0.120. The third-order valence-corrected chi connectivity index (χ3v) is 1.97. The Hall–Kier alpha value is -1.85. The van der Waals surface area contributed by atoms with Crippen molar-refractivity contribution in [1.82, 2.24) is 15.3 Å². The summed E-state index contributed by atoms with van der Waals surface area (Å²) in [5.41, 5.74) is -0.238. The monoisotopic (exact) mass is 252 g/mol. The molecule has 1 rings (SSSR count). The van der Waals surface area contributed by atoms with Crippen LogP contribution in [0.4, 0.5) is 5.82 Å². The standard InChI is InChI=1S/C12H20N4O2/c1-8-14-9(6-11(15-8)18-5)13-7-10(17)16-12(2,3)4/h6H,7H2,1-5H3,(H,16,17)(H,13,14,15). The Morgan fingerprint density at radius 3 is 2.61 bits per heavy atom. The first-order chi connectivity index (χ1) is 8.30. The maximum absolute atomic E-state index is 11.6. The summed E-state index contributed by atoms with van der Waals surface area (Å²) in [7, 11) is 1.54. The van der Waals surface area contributed by atoms with E-state index in [0.29, 0.717) is 17.5 Å². The van der Waals surface area contributed by atoms with Crippen molar-refractivity contribution < 1.29 is 9.53 Å². The van der Waals surface area contributed by atoms with Crippen molar-refractivity contribution in [3.8, 4) is 5.88 Å². The van der Waals surface area contributed by atoms with Crippen LogP contribution in [-0.4, -0.2) is 35.1 Å². The summed E-state index contributed by atoms with van der Waals surface area (Å²) in [5, 5.41) is 5.80. The van der Waals surface area contributed by atoms with E-state index in [1.165, 1.54) is 7.11 Å². The first-order valence-corrected chi connectivity index (χ1v) is 5.75. The molecule has 0 aliphatic carbocycles. The van der Waals surface area contributed by atoms with Gasteiger partial charge in [-0.2, -0.15) is 4.98 Å². The summed E-state index contributed by atoms with van der Waals surface area (Å²) in [4.78, 5) is 19.9. The molecule has 2 N–H and O–H groups in total. The van der Waals surface area contributed by atoms with Crippen molar-refractivity contribution in [2.75, 3.05) is 19.0 Å². The Labute approximate surface area is 107 Å². The van der Waals surface area contributed by atoms with Crippen molar-refractivity contribution in [3.05, 3.63) is 11.9 Å². The predicted molar refractivity (Wildman–Crippen MR) is 69.7 cm³/mol. The molecule has 0 saturated heterocycles. The summed E-state index contributed by atoms with van der Waals surface area (Å²) in [6.45, 7) is 7.73. The van der Waals surface area contributed by atoms with Gasteiger partial charge in [-0.3, -0.25) is 4.79 Å². The molecule has 0 radical (unpaired) electrons. The van der Waals surface area contributed by atoms with Crippen LogP contribution >= 0.6 is 0 Å². The molecule has 0 aliphatic rings. The number of aromatic nitrogens is 2. The SMILES string of the molecule is COc1cc(NCC(=O)NC(C)(C)C)nc(C)n1. The Morgan fingerprint density at radius 1 is 1.39 bits per heavy atom. The molecule has 6 nitrogen and oxygen atoms in total. The number of anilines is 1. The highest BCUT2D eigenvalue weighted by molar-refractivity contribution is 5.81. The van der Waals surface area contributed by atoms with E-state index in [2.05, 4.69) is 20.6 Å². The number of carbonyl (C=O) groups excluding carboxylic acids is 1. The lowest BCUT2D eigenvalue weighted by Gasteiger charge is -2.20. The number of nitrogens with zero attached hydrogens (tertiary/aromatic N) is 2. The van der Waals surface area contributed by atoms with E-state index in [1.54, 1.807) is 13.0 Å². The normalized spacial score (nSPS) is 10.9. The molecule has 0 spiro atoms. The van der Waals surface area contributed by atoms with Crippen LogP contribution in [-0.2, 0) is 4.79 Å². The van der Waals surface area contributed by atoms with E-state index in [4.69, 9.17) is 4.74 Å². The summed E-state index contributed by atoms with van der Waals surface area (Å²) < 4.78 is 5.03. The maximum Gasteiger partial charge on any atom is 0.239 e. The molecule has 1 heterocycles. The average molecular weight is 252 g/mol. The van der Waals surface area contributed by atoms with E-state index in [0.717, 1.165) is 0 Å². The fourth-order valence-corrected chi connectivity index (χ4v) is 1.37. The number of amides is 1. The molecule has 0 unspecified atom stereocenters. The predicted octanol–water partition coefficient (Wildman–Crippen LogP) is 1.12. The van der Waals surface area contributed by atoms with Gasteiger partial charge in [0.05, 0.1) is 13.7 Å². The highest BCUT2D eigenvalue weighted by Crippen LogP contribution is 2.12. The van der Waals surface area contributed by atoms with Crippen molar-refractivity contribution in [1.29, 1.82) is 0 Å². The number of hydrogen-bond donors (Lipinski definition) is 2. The van der Waals surface area contributed by atoms with E-state index in [1.807, 2.05) is 20.8 Å². The van der Waals surface area contributed by atoms with Crippen LogP contribution < -0.4 is 15.4 Å². The molecule has 0 bridgehead atoms. The number of rotatable bonds is 4. The van der Waals surface area contributed by atoms with Gasteiger partial charge in [-0.05, 0) is 27.7 Å². The van der Waals surface area contributed by atoms with Crippen molar-refractivity contribution in [2.45, 2.75) is 33.2 Å². The molecule has 0 aliphatic heterocycles. The summed E-state index contributed by atoms with van der Waals surface area (Å²) >= 11 is 0. The zero-order valence-electron chi connectivity index (χ0n) is 11.5. The van der Waals surface area contributed by atoms with E-state index >= 15 is 0 Å². The average Bonchev–Trinajstić information content (AvgIpc) is 2.23. The van der Waals surface area contributed by atoms with Crippen LogP contribution in [0.1, 0.15) is 26.6 Å². The maximum atomic E-state index is 11.6. The molecular weight excluding hydrogens is 232 g/mol. The van der Waals surface area contributed by atoms with Gasteiger partial charge in [-0.1, -0.05) is 0 Å². The number of nitrogens with one attached hydrogen (secondary N) is 2. The number of ether oxygens (including phenoxy) is 1.